The van der Waals surface area contributed by atoms with Crippen LogP contribution in [0.5, 0.6) is 0 Å². The second-order valence-corrected chi connectivity index (χ2v) is 13.1. The third-order valence-electron chi connectivity index (χ3n) is 6.90. The lowest BCUT2D eigenvalue weighted by Gasteiger charge is -2.35. The number of fused-ring (bicyclic) bond motifs is 1. The summed E-state index contributed by atoms with van der Waals surface area (Å²) in [5, 5.41) is 6.43. The first kappa shape index (κ1) is 31.0. The molecule has 0 atom stereocenters. The highest BCUT2D eigenvalue weighted by atomic mass is 32.1. The second kappa shape index (κ2) is 13.7. The van der Waals surface area contributed by atoms with Crippen LogP contribution in [0.2, 0.25) is 0 Å². The predicted molar refractivity (Wildman–Crippen MR) is 170 cm³/mol. The number of esters is 1. The van der Waals surface area contributed by atoms with E-state index in [2.05, 4.69) is 72.4 Å². The first-order valence-electron chi connectivity index (χ1n) is 13.7. The zero-order valence-corrected chi connectivity index (χ0v) is 25.5. The van der Waals surface area contributed by atoms with Crippen LogP contribution in [0.4, 0.5) is 22.7 Å². The van der Waals surface area contributed by atoms with Crippen molar-refractivity contribution in [1.82, 2.24) is 0 Å². The molecule has 2 heterocycles. The zero-order chi connectivity index (χ0) is 28.6. The molecule has 1 saturated carbocycles. The highest BCUT2D eigenvalue weighted by Gasteiger charge is 2.44. The van der Waals surface area contributed by atoms with Gasteiger partial charge in [0.05, 0.1) is 23.6 Å². The summed E-state index contributed by atoms with van der Waals surface area (Å²) >= 11 is 7.80. The maximum absolute atomic E-state index is 13.0. The fraction of sp³-hybridized carbons (Fsp3) is 0.533. The van der Waals surface area contributed by atoms with Gasteiger partial charge in [0.15, 0.2) is 0 Å². The van der Waals surface area contributed by atoms with Crippen molar-refractivity contribution in [3.63, 3.8) is 0 Å². The Bertz CT molecular complexity index is 1130. The van der Waals surface area contributed by atoms with E-state index >= 15 is 0 Å². The van der Waals surface area contributed by atoms with Crippen molar-refractivity contribution in [1.29, 1.82) is 0 Å². The van der Waals surface area contributed by atoms with E-state index < -0.39 is 0 Å². The van der Waals surface area contributed by atoms with E-state index in [9.17, 15) is 9.59 Å². The Morgan fingerprint density at radius 2 is 1.77 bits per heavy atom. The van der Waals surface area contributed by atoms with Crippen LogP contribution in [0.25, 0.3) is 0 Å². The van der Waals surface area contributed by atoms with E-state index in [4.69, 9.17) is 5.73 Å². The van der Waals surface area contributed by atoms with Crippen molar-refractivity contribution < 1.29 is 14.3 Å². The van der Waals surface area contributed by atoms with Gasteiger partial charge in [0, 0.05) is 41.4 Å². The topological polar surface area (TPSA) is 96.7 Å². The zero-order valence-electron chi connectivity index (χ0n) is 23.7. The number of nitrogen functional groups attached to an aromatic ring is 1. The number of nitrogens with one attached hydrogen (secondary N) is 2. The molecule has 2 fully saturated rings. The molecule has 2 aromatic rings. The summed E-state index contributed by atoms with van der Waals surface area (Å²) in [7, 11) is 0. The molecular weight excluding hydrogens is 528 g/mol. The number of rotatable bonds is 5. The number of nitrogens with two attached hydrogens (primary N) is 1. The minimum Gasteiger partial charge on any atom is -0.465 e. The second-order valence-electron chi connectivity index (χ2n) is 11.4. The van der Waals surface area contributed by atoms with Gasteiger partial charge in [-0.15, -0.1) is 0 Å². The number of carbonyl (C=O) groups excluding carboxylic acids is 2. The number of anilines is 4. The molecule has 0 aromatic heterocycles. The van der Waals surface area contributed by atoms with Gasteiger partial charge in [-0.1, -0.05) is 26.8 Å². The Balaban J connectivity index is 0.000000296. The molecule has 4 N–H and O–H groups in total. The number of carbonyl (C=O) groups is 2. The van der Waals surface area contributed by atoms with Crippen molar-refractivity contribution in [2.75, 3.05) is 53.3 Å². The Morgan fingerprint density at radius 3 is 2.33 bits per heavy atom. The largest absolute Gasteiger partial charge is 0.465 e. The van der Waals surface area contributed by atoms with E-state index in [0.29, 0.717) is 23.3 Å². The van der Waals surface area contributed by atoms with Crippen LogP contribution < -0.4 is 21.3 Å². The monoisotopic (exact) mass is 572 g/mol. The molecule has 3 aliphatic rings. The summed E-state index contributed by atoms with van der Waals surface area (Å²) < 4.78 is 4.67. The Hall–Kier alpha value is -2.52. The predicted octanol–water partition coefficient (Wildman–Crippen LogP) is 6.06. The molecule has 1 spiro atoms. The minimum atomic E-state index is -0.258. The van der Waals surface area contributed by atoms with Crippen molar-refractivity contribution in [2.45, 2.75) is 64.5 Å². The third kappa shape index (κ3) is 9.87. The van der Waals surface area contributed by atoms with E-state index in [1.165, 1.54) is 31.2 Å². The lowest BCUT2D eigenvalue weighted by molar-refractivity contribution is -0.139. The van der Waals surface area contributed by atoms with Gasteiger partial charge in [-0.05, 0) is 80.3 Å². The Morgan fingerprint density at radius 1 is 1.10 bits per heavy atom. The highest BCUT2D eigenvalue weighted by Crippen LogP contribution is 2.54. The maximum atomic E-state index is 13.0. The number of benzene rings is 2. The van der Waals surface area contributed by atoms with Crippen molar-refractivity contribution in [3.8, 4) is 0 Å². The molecule has 39 heavy (non-hydrogen) atoms. The number of nitrogens with zero attached hydrogens (tertiary/aromatic N) is 1. The molecule has 9 heteroatoms. The molecule has 214 valence electrons. The highest BCUT2D eigenvalue weighted by molar-refractivity contribution is 7.81. The molecule has 2 aromatic carbocycles. The van der Waals surface area contributed by atoms with Crippen LogP contribution in [0, 0.1) is 5.41 Å². The number of amides is 1. The summed E-state index contributed by atoms with van der Waals surface area (Å²) in [5.41, 5.74) is 12.3. The molecule has 1 saturated heterocycles. The van der Waals surface area contributed by atoms with Gasteiger partial charge in [0.25, 0.3) is 5.91 Å². The van der Waals surface area contributed by atoms with Crippen LogP contribution in [0.15, 0.2) is 36.4 Å². The van der Waals surface area contributed by atoms with Crippen LogP contribution in [-0.4, -0.2) is 48.6 Å². The molecule has 1 amide bonds. The van der Waals surface area contributed by atoms with Gasteiger partial charge in [-0.3, -0.25) is 9.59 Å². The Kier molecular flexibility index (Phi) is 10.9. The summed E-state index contributed by atoms with van der Waals surface area (Å²) in [4.78, 5) is 25.5. The van der Waals surface area contributed by atoms with Crippen LogP contribution in [0.1, 0.15) is 69.3 Å². The summed E-state index contributed by atoms with van der Waals surface area (Å²) in [6.07, 6.45) is 6.23. The van der Waals surface area contributed by atoms with Crippen LogP contribution in [-0.2, 0) is 16.0 Å². The molecular formula is C30H44N4O3S2. The van der Waals surface area contributed by atoms with Crippen molar-refractivity contribution in [3.05, 3.63) is 47.5 Å². The van der Waals surface area contributed by atoms with Gasteiger partial charge in [-0.25, -0.2) is 0 Å². The fourth-order valence-electron chi connectivity index (χ4n) is 4.67. The lowest BCUT2D eigenvalue weighted by atomic mass is 9.93. The van der Waals surface area contributed by atoms with E-state index in [-0.39, 0.29) is 22.4 Å². The van der Waals surface area contributed by atoms with Crippen LogP contribution >= 0.6 is 25.3 Å². The Labute approximate surface area is 244 Å². The third-order valence-corrected chi connectivity index (χ3v) is 7.16. The minimum absolute atomic E-state index is 0.0744. The van der Waals surface area contributed by atoms with Crippen LogP contribution in [0.3, 0.4) is 0 Å². The average Bonchev–Trinajstić information content (AvgIpc) is 3.46. The number of hydrogen-bond donors (Lipinski definition) is 5. The molecule has 0 bridgehead atoms. The van der Waals surface area contributed by atoms with Gasteiger partial charge in [-0.2, -0.15) is 25.3 Å². The SMILES string of the molecule is CC(C)(C)S.CCOC(=O)CS.Nc1ccc(C(=O)Nc2ccc3c(c2)NCC3)c(N2CCC3(CC2)CC3)c1. The number of ether oxygens (including phenoxy) is 1. The van der Waals surface area contributed by atoms with Gasteiger partial charge in [0.2, 0.25) is 0 Å². The molecule has 5 rings (SSSR count). The smallest absolute Gasteiger partial charge is 0.315 e. The molecule has 1 aliphatic carbocycles. The average molecular weight is 573 g/mol. The standard InChI is InChI=1S/C22H26N4O.C4H8O2S.C4H10S/c23-16-2-4-18(20(13-16)26-11-8-22(6-7-22)9-12-26)21(27)25-17-3-1-15-5-10-24-19(15)14-17;1-2-6-4(5)3-7;1-4(2,3)5/h1-4,13-14,24H,5-12,23H2,(H,25,27);7H,2-3H2,1H3;5H,1-3H3. The first-order valence-corrected chi connectivity index (χ1v) is 14.8. The van der Waals surface area contributed by atoms with Gasteiger partial charge in [0.1, 0.15) is 0 Å². The molecule has 0 radical (unpaired) electrons. The fourth-order valence-corrected chi connectivity index (χ4v) is 4.77. The van der Waals surface area contributed by atoms with E-state index in [1.54, 1.807) is 6.92 Å². The number of thiol groups is 2. The van der Waals surface area contributed by atoms with Gasteiger partial charge < -0.3 is 26.0 Å². The van der Waals surface area contributed by atoms with Crippen molar-refractivity contribution >= 4 is 59.9 Å². The lowest BCUT2D eigenvalue weighted by Crippen LogP contribution is -2.35. The molecule has 2 aliphatic heterocycles. The van der Waals surface area contributed by atoms with E-state index in [0.717, 1.165) is 43.1 Å². The normalized spacial score (nSPS) is 16.5. The molecule has 7 nitrogen and oxygen atoms in total. The quantitative estimate of drug-likeness (QED) is 0.170. The summed E-state index contributed by atoms with van der Waals surface area (Å²) in [6.45, 7) is 11.3. The van der Waals surface area contributed by atoms with Crippen molar-refractivity contribution in [2.24, 2.45) is 5.41 Å². The van der Waals surface area contributed by atoms with E-state index in [1.807, 2.05) is 30.3 Å². The van der Waals surface area contributed by atoms with Gasteiger partial charge >= 0.3 is 5.97 Å². The molecule has 0 unspecified atom stereocenters. The summed E-state index contributed by atoms with van der Waals surface area (Å²) in [6, 6.07) is 11.7. The number of hydrogen-bond acceptors (Lipinski definition) is 8. The maximum Gasteiger partial charge on any atom is 0.315 e. The first-order chi connectivity index (χ1) is 18.4. The summed E-state index contributed by atoms with van der Waals surface area (Å²) in [5.74, 6) is -0.158. The number of piperidine rings is 1.